The van der Waals surface area contributed by atoms with Gasteiger partial charge in [-0.2, -0.15) is 0 Å². The Kier molecular flexibility index (Phi) is 6.34. The second-order valence-corrected chi connectivity index (χ2v) is 5.51. The van der Waals surface area contributed by atoms with Gasteiger partial charge in [0.25, 0.3) is 0 Å². The molecule has 20 heavy (non-hydrogen) atoms. The highest BCUT2D eigenvalue weighted by molar-refractivity contribution is 5.29. The normalized spacial score (nSPS) is 20.6. The first-order valence-corrected chi connectivity index (χ1v) is 7.83. The van der Waals surface area contributed by atoms with Crippen molar-refractivity contribution in [3.63, 3.8) is 0 Å². The van der Waals surface area contributed by atoms with Gasteiger partial charge in [-0.3, -0.25) is 0 Å². The summed E-state index contributed by atoms with van der Waals surface area (Å²) in [6.07, 6.45) is 4.68. The lowest BCUT2D eigenvalue weighted by Crippen LogP contribution is -2.31. The molecule has 1 aliphatic rings. The van der Waals surface area contributed by atoms with Crippen LogP contribution in [0.2, 0.25) is 0 Å². The third kappa shape index (κ3) is 4.22. The molecule has 0 saturated carbocycles. The monoisotopic (exact) mass is 277 g/mol. The molecule has 1 fully saturated rings. The van der Waals surface area contributed by atoms with E-state index >= 15 is 0 Å². The Hall–Kier alpha value is -1.06. The Labute approximate surface area is 122 Å². The van der Waals surface area contributed by atoms with Crippen molar-refractivity contribution in [3.8, 4) is 5.75 Å². The topological polar surface area (TPSA) is 30.5 Å². The van der Waals surface area contributed by atoms with E-state index < -0.39 is 0 Å². The molecule has 0 spiro atoms. The third-order valence-electron chi connectivity index (χ3n) is 3.98. The van der Waals surface area contributed by atoms with Gasteiger partial charge in [-0.15, -0.1) is 0 Å². The zero-order valence-corrected chi connectivity index (χ0v) is 12.7. The van der Waals surface area contributed by atoms with Crippen LogP contribution >= 0.6 is 0 Å². The summed E-state index contributed by atoms with van der Waals surface area (Å²) in [5, 5.41) is 3.44. The van der Waals surface area contributed by atoms with E-state index in [1.54, 1.807) is 0 Å². The minimum Gasteiger partial charge on any atom is -0.494 e. The molecule has 2 unspecified atom stereocenters. The summed E-state index contributed by atoms with van der Waals surface area (Å²) < 4.78 is 11.3. The first kappa shape index (κ1) is 15.3. The summed E-state index contributed by atoms with van der Waals surface area (Å²) in [6.45, 7) is 4.76. The molecule has 3 nitrogen and oxygen atoms in total. The van der Waals surface area contributed by atoms with Crippen molar-refractivity contribution in [2.24, 2.45) is 5.92 Å². The van der Waals surface area contributed by atoms with Crippen LogP contribution in [0.3, 0.4) is 0 Å². The lowest BCUT2D eigenvalue weighted by Gasteiger charge is -2.30. The molecule has 1 aromatic carbocycles. The quantitative estimate of drug-likeness (QED) is 0.773. The summed E-state index contributed by atoms with van der Waals surface area (Å²) in [5.41, 5.74) is 1.32. The summed E-state index contributed by atoms with van der Waals surface area (Å²) in [5.74, 6) is 1.54. The van der Waals surface area contributed by atoms with Gasteiger partial charge < -0.3 is 14.8 Å². The molecule has 2 atom stereocenters. The fourth-order valence-electron chi connectivity index (χ4n) is 2.81. The van der Waals surface area contributed by atoms with Crippen molar-refractivity contribution in [1.82, 2.24) is 5.32 Å². The number of rotatable bonds is 7. The smallest absolute Gasteiger partial charge is 0.119 e. The van der Waals surface area contributed by atoms with Gasteiger partial charge in [0.1, 0.15) is 5.75 Å². The van der Waals surface area contributed by atoms with Crippen LogP contribution in [0.15, 0.2) is 24.3 Å². The van der Waals surface area contributed by atoms with Gasteiger partial charge in [0.2, 0.25) is 0 Å². The average molecular weight is 277 g/mol. The van der Waals surface area contributed by atoms with Gasteiger partial charge in [-0.1, -0.05) is 25.5 Å². The molecule has 1 heterocycles. The first-order valence-electron chi connectivity index (χ1n) is 7.83. The Morgan fingerprint density at radius 1 is 1.35 bits per heavy atom. The Morgan fingerprint density at radius 2 is 2.15 bits per heavy atom. The second-order valence-electron chi connectivity index (χ2n) is 5.51. The summed E-state index contributed by atoms with van der Waals surface area (Å²) >= 11 is 0. The fraction of sp³-hybridized carbons (Fsp3) is 0.647. The third-order valence-corrected chi connectivity index (χ3v) is 3.98. The van der Waals surface area contributed by atoms with Crippen LogP contribution < -0.4 is 10.1 Å². The average Bonchev–Trinajstić information content (AvgIpc) is 2.51. The minimum absolute atomic E-state index is 0.375. The van der Waals surface area contributed by atoms with Crippen molar-refractivity contribution < 1.29 is 9.47 Å². The molecule has 2 rings (SSSR count). The maximum atomic E-state index is 5.72. The van der Waals surface area contributed by atoms with E-state index in [0.717, 1.165) is 32.0 Å². The van der Waals surface area contributed by atoms with Gasteiger partial charge >= 0.3 is 0 Å². The summed E-state index contributed by atoms with van der Waals surface area (Å²) in [6, 6.07) is 8.89. The number of unbranched alkanes of at least 4 members (excludes halogenated alkanes) is 1. The predicted molar refractivity (Wildman–Crippen MR) is 82.2 cm³/mol. The van der Waals surface area contributed by atoms with Crippen molar-refractivity contribution in [2.75, 3.05) is 26.9 Å². The molecule has 3 heteroatoms. The Bertz CT molecular complexity index is 371. The minimum atomic E-state index is 0.375. The van der Waals surface area contributed by atoms with Gasteiger partial charge in [0.15, 0.2) is 0 Å². The maximum Gasteiger partial charge on any atom is 0.119 e. The molecular weight excluding hydrogens is 250 g/mol. The molecule has 0 bridgehead atoms. The van der Waals surface area contributed by atoms with E-state index in [1.807, 2.05) is 7.05 Å². The van der Waals surface area contributed by atoms with Crippen LogP contribution in [0.4, 0.5) is 0 Å². The van der Waals surface area contributed by atoms with Crippen LogP contribution in [0.25, 0.3) is 0 Å². The zero-order chi connectivity index (χ0) is 14.2. The van der Waals surface area contributed by atoms with Crippen molar-refractivity contribution in [3.05, 3.63) is 29.8 Å². The number of ether oxygens (including phenoxy) is 2. The van der Waals surface area contributed by atoms with Gasteiger partial charge in [0, 0.05) is 18.6 Å². The van der Waals surface area contributed by atoms with E-state index in [-0.39, 0.29) is 0 Å². The van der Waals surface area contributed by atoms with Crippen molar-refractivity contribution in [1.29, 1.82) is 0 Å². The van der Waals surface area contributed by atoms with E-state index in [4.69, 9.17) is 9.47 Å². The van der Waals surface area contributed by atoms with E-state index in [9.17, 15) is 0 Å². The molecule has 1 aromatic rings. The molecule has 0 aromatic heterocycles. The lowest BCUT2D eigenvalue weighted by atomic mass is 9.89. The van der Waals surface area contributed by atoms with Gasteiger partial charge in [-0.05, 0) is 44.0 Å². The standard InChI is InChI=1S/C17H27NO2/c1-3-4-12-20-16-9-7-14(8-10-16)17(18-2)15-6-5-11-19-13-15/h7-10,15,17-18H,3-6,11-13H2,1-2H3. The molecule has 1 aliphatic heterocycles. The number of nitrogens with one attached hydrogen (secondary N) is 1. The highest BCUT2D eigenvalue weighted by Crippen LogP contribution is 2.29. The molecule has 1 N–H and O–H groups in total. The van der Waals surface area contributed by atoms with E-state index in [2.05, 4.69) is 36.5 Å². The predicted octanol–water partition coefficient (Wildman–Crippen LogP) is 3.55. The highest BCUT2D eigenvalue weighted by atomic mass is 16.5. The molecule has 0 aliphatic carbocycles. The Balaban J connectivity index is 1.95. The first-order chi connectivity index (χ1) is 9.85. The fourth-order valence-corrected chi connectivity index (χ4v) is 2.81. The second kappa shape index (κ2) is 8.28. The van der Waals surface area contributed by atoms with Crippen LogP contribution in [-0.2, 0) is 4.74 Å². The molecular formula is C17H27NO2. The maximum absolute atomic E-state index is 5.72. The SMILES string of the molecule is CCCCOc1ccc(C(NC)C2CCCOC2)cc1. The number of benzene rings is 1. The summed E-state index contributed by atoms with van der Waals surface area (Å²) in [4.78, 5) is 0. The van der Waals surface area contributed by atoms with Crippen LogP contribution in [0, 0.1) is 5.92 Å². The lowest BCUT2D eigenvalue weighted by molar-refractivity contribution is 0.0402. The van der Waals surface area contributed by atoms with Crippen LogP contribution in [0.5, 0.6) is 5.75 Å². The van der Waals surface area contributed by atoms with Crippen molar-refractivity contribution >= 4 is 0 Å². The zero-order valence-electron chi connectivity index (χ0n) is 12.7. The van der Waals surface area contributed by atoms with Crippen LogP contribution in [-0.4, -0.2) is 26.9 Å². The molecule has 0 radical (unpaired) electrons. The summed E-state index contributed by atoms with van der Waals surface area (Å²) in [7, 11) is 2.03. The molecule has 112 valence electrons. The largest absolute Gasteiger partial charge is 0.494 e. The van der Waals surface area contributed by atoms with Gasteiger partial charge in [-0.25, -0.2) is 0 Å². The Morgan fingerprint density at radius 3 is 2.75 bits per heavy atom. The highest BCUT2D eigenvalue weighted by Gasteiger charge is 2.24. The molecule has 0 amide bonds. The van der Waals surface area contributed by atoms with Crippen molar-refractivity contribution in [2.45, 2.75) is 38.6 Å². The number of hydrogen-bond donors (Lipinski definition) is 1. The van der Waals surface area contributed by atoms with Crippen LogP contribution in [0.1, 0.15) is 44.2 Å². The number of hydrogen-bond acceptors (Lipinski definition) is 3. The molecule has 1 saturated heterocycles. The van der Waals surface area contributed by atoms with E-state index in [0.29, 0.717) is 12.0 Å². The van der Waals surface area contributed by atoms with E-state index in [1.165, 1.54) is 24.8 Å². The van der Waals surface area contributed by atoms with Gasteiger partial charge in [0.05, 0.1) is 13.2 Å².